The molecule has 19 heavy (non-hydrogen) atoms. The maximum Gasteiger partial charge on any atom is 0.241 e. The van der Waals surface area contributed by atoms with Crippen molar-refractivity contribution in [2.75, 3.05) is 26.8 Å². The molecule has 3 unspecified atom stereocenters. The highest BCUT2D eigenvalue weighted by Crippen LogP contribution is 2.32. The molecule has 0 radical (unpaired) electrons. The summed E-state index contributed by atoms with van der Waals surface area (Å²) in [6, 6.07) is -0.530. The predicted molar refractivity (Wildman–Crippen MR) is 71.2 cm³/mol. The average Bonchev–Trinajstić information content (AvgIpc) is 2.45. The van der Waals surface area contributed by atoms with Crippen molar-refractivity contribution in [3.63, 3.8) is 0 Å². The molecule has 0 aromatic carbocycles. The predicted octanol–water partition coefficient (Wildman–Crippen LogP) is -0.139. The van der Waals surface area contributed by atoms with Crippen LogP contribution in [0.4, 0.5) is 0 Å². The van der Waals surface area contributed by atoms with E-state index in [1.54, 1.807) is 12.0 Å². The summed E-state index contributed by atoms with van der Waals surface area (Å²) in [7, 11) is -1.10. The highest BCUT2D eigenvalue weighted by atomic mass is 32.2. The molecule has 6 nitrogen and oxygen atoms in total. The zero-order chi connectivity index (χ0) is 14.0. The molecule has 2 bridgehead atoms. The molecule has 2 saturated heterocycles. The Morgan fingerprint density at radius 3 is 2.74 bits per heavy atom. The minimum Gasteiger partial charge on any atom is -0.383 e. The molecule has 7 heteroatoms. The van der Waals surface area contributed by atoms with E-state index in [9.17, 15) is 13.2 Å². The second-order valence-electron chi connectivity index (χ2n) is 5.39. The molecule has 2 aliphatic heterocycles. The fraction of sp³-hybridized carbons (Fsp3) is 0.917. The van der Waals surface area contributed by atoms with E-state index in [4.69, 9.17) is 4.74 Å². The van der Waals surface area contributed by atoms with Gasteiger partial charge in [0.2, 0.25) is 16.8 Å². The second kappa shape index (κ2) is 6.19. The number of methoxy groups -OCH3 is 1. The van der Waals surface area contributed by atoms with Crippen molar-refractivity contribution >= 4 is 16.8 Å². The number of hydrogen-bond acceptors (Lipinski definition) is 4. The molecule has 2 aliphatic rings. The van der Waals surface area contributed by atoms with E-state index in [2.05, 4.69) is 0 Å². The van der Waals surface area contributed by atoms with Crippen LogP contribution in [0.15, 0.2) is 0 Å². The average molecular weight is 290 g/mol. The lowest BCUT2D eigenvalue weighted by atomic mass is 9.92. The van der Waals surface area contributed by atoms with Crippen LogP contribution in [0.3, 0.4) is 0 Å². The molecule has 110 valence electrons. The van der Waals surface area contributed by atoms with Crippen molar-refractivity contribution in [1.29, 1.82) is 0 Å². The third-order valence-corrected chi connectivity index (χ3v) is 5.10. The van der Waals surface area contributed by atoms with E-state index in [0.717, 1.165) is 12.8 Å². The lowest BCUT2D eigenvalue weighted by molar-refractivity contribution is -0.135. The quantitative estimate of drug-likeness (QED) is 0.732. The van der Waals surface area contributed by atoms with E-state index in [1.165, 1.54) is 4.31 Å². The first-order valence-corrected chi connectivity index (χ1v) is 7.89. The number of piperidine rings is 1. The first kappa shape index (κ1) is 14.7. The Balaban J connectivity index is 2.26. The molecule has 0 saturated carbocycles. The number of hydrogen-bond donors (Lipinski definition) is 1. The van der Waals surface area contributed by atoms with Gasteiger partial charge in [0.15, 0.2) is 0 Å². The lowest BCUT2D eigenvalue weighted by Crippen LogP contribution is -2.51. The Kier molecular flexibility index (Phi) is 4.81. The van der Waals surface area contributed by atoms with Crippen LogP contribution in [-0.2, 0) is 20.4 Å². The maximum atomic E-state index is 12.5. The van der Waals surface area contributed by atoms with Gasteiger partial charge in [0, 0.05) is 26.2 Å². The number of carbonyl (C=O) groups excluding carboxylic acids is 1. The summed E-state index contributed by atoms with van der Waals surface area (Å²) < 4.78 is 29.5. The summed E-state index contributed by atoms with van der Waals surface area (Å²) in [5.41, 5.74) is 0. The molecule has 0 aromatic heterocycles. The standard InChI is InChI=1S/C12H22N2O4S/c1-9-8-13(6-7-18-2)12(15)11-5-3-4-10(9)14(11)19(16)17/h9-11,19H,3-8H2,1-2H3. The van der Waals surface area contributed by atoms with Crippen LogP contribution in [-0.4, -0.2) is 62.4 Å². The van der Waals surface area contributed by atoms with E-state index < -0.39 is 16.9 Å². The van der Waals surface area contributed by atoms with Gasteiger partial charge in [-0.2, -0.15) is 4.31 Å². The van der Waals surface area contributed by atoms with Crippen molar-refractivity contribution in [2.24, 2.45) is 5.92 Å². The van der Waals surface area contributed by atoms with E-state index in [1.807, 2.05) is 6.92 Å². The molecule has 0 aromatic rings. The molecule has 2 heterocycles. The van der Waals surface area contributed by atoms with Gasteiger partial charge in [-0.1, -0.05) is 6.92 Å². The number of fused-ring (bicyclic) bond motifs is 2. The number of thiol groups is 1. The number of rotatable bonds is 4. The molecule has 2 rings (SSSR count). The number of amides is 1. The number of ether oxygens (including phenoxy) is 1. The van der Waals surface area contributed by atoms with Gasteiger partial charge < -0.3 is 9.64 Å². The van der Waals surface area contributed by atoms with Gasteiger partial charge in [0.1, 0.15) is 6.04 Å². The zero-order valence-corrected chi connectivity index (χ0v) is 12.3. The van der Waals surface area contributed by atoms with Crippen LogP contribution in [0.25, 0.3) is 0 Å². The molecule has 1 amide bonds. The van der Waals surface area contributed by atoms with Gasteiger partial charge >= 0.3 is 0 Å². The van der Waals surface area contributed by atoms with E-state index >= 15 is 0 Å². The second-order valence-corrected chi connectivity index (χ2v) is 6.32. The Labute approximate surface area is 115 Å². The third-order valence-electron chi connectivity index (χ3n) is 4.15. The molecule has 0 aliphatic carbocycles. The van der Waals surface area contributed by atoms with Crippen molar-refractivity contribution in [2.45, 2.75) is 38.3 Å². The summed E-state index contributed by atoms with van der Waals surface area (Å²) in [4.78, 5) is 14.2. The first-order chi connectivity index (χ1) is 9.06. The largest absolute Gasteiger partial charge is 0.383 e. The Morgan fingerprint density at radius 1 is 1.37 bits per heavy atom. The van der Waals surface area contributed by atoms with Crippen molar-refractivity contribution < 1.29 is 17.9 Å². The molecule has 0 spiro atoms. The summed E-state index contributed by atoms with van der Waals surface area (Å²) in [5, 5.41) is 0. The fourth-order valence-electron chi connectivity index (χ4n) is 3.21. The van der Waals surface area contributed by atoms with Crippen LogP contribution < -0.4 is 0 Å². The molecule has 2 fully saturated rings. The summed E-state index contributed by atoms with van der Waals surface area (Å²) in [6.45, 7) is 3.66. The van der Waals surface area contributed by atoms with Gasteiger partial charge in [0.05, 0.1) is 6.61 Å². The van der Waals surface area contributed by atoms with Crippen LogP contribution >= 0.6 is 0 Å². The van der Waals surface area contributed by atoms with Gasteiger partial charge in [0.25, 0.3) is 0 Å². The van der Waals surface area contributed by atoms with Gasteiger partial charge in [-0.3, -0.25) is 4.79 Å². The Bertz CT molecular complexity index is 405. The van der Waals surface area contributed by atoms with Gasteiger partial charge in [-0.05, 0) is 25.2 Å². The highest BCUT2D eigenvalue weighted by Gasteiger charge is 2.44. The highest BCUT2D eigenvalue weighted by molar-refractivity contribution is 7.70. The number of carbonyl (C=O) groups is 1. The van der Waals surface area contributed by atoms with Gasteiger partial charge in [-0.25, -0.2) is 8.42 Å². The Morgan fingerprint density at radius 2 is 2.11 bits per heavy atom. The minimum absolute atomic E-state index is 0.0312. The van der Waals surface area contributed by atoms with Gasteiger partial charge in [-0.15, -0.1) is 0 Å². The summed E-state index contributed by atoms with van der Waals surface area (Å²) in [5.74, 6) is 0.101. The van der Waals surface area contributed by atoms with E-state index in [0.29, 0.717) is 26.1 Å². The molecular weight excluding hydrogens is 268 g/mol. The zero-order valence-electron chi connectivity index (χ0n) is 11.4. The third kappa shape index (κ3) is 2.93. The van der Waals surface area contributed by atoms with Crippen LogP contribution in [0.5, 0.6) is 0 Å². The summed E-state index contributed by atoms with van der Waals surface area (Å²) >= 11 is 0. The lowest BCUT2D eigenvalue weighted by Gasteiger charge is -2.36. The Hall–Kier alpha value is -0.660. The summed E-state index contributed by atoms with van der Waals surface area (Å²) in [6.07, 6.45) is 2.41. The first-order valence-electron chi connectivity index (χ1n) is 6.76. The fourth-order valence-corrected chi connectivity index (χ4v) is 4.23. The number of nitrogens with zero attached hydrogens (tertiary/aromatic N) is 2. The monoisotopic (exact) mass is 290 g/mol. The van der Waals surface area contributed by atoms with Crippen molar-refractivity contribution in [1.82, 2.24) is 9.21 Å². The smallest absolute Gasteiger partial charge is 0.241 e. The molecule has 3 atom stereocenters. The van der Waals surface area contributed by atoms with Crippen LogP contribution in [0.1, 0.15) is 26.2 Å². The van der Waals surface area contributed by atoms with E-state index in [-0.39, 0.29) is 17.9 Å². The van der Waals surface area contributed by atoms with Crippen LogP contribution in [0.2, 0.25) is 0 Å². The molecule has 0 N–H and O–H groups in total. The van der Waals surface area contributed by atoms with Crippen LogP contribution in [0, 0.1) is 5.92 Å². The topological polar surface area (TPSA) is 66.9 Å². The SMILES string of the molecule is COCCN1CC(C)C2CCCC(C1=O)N2[SH](=O)=O. The minimum atomic E-state index is -2.70. The maximum absolute atomic E-state index is 12.5. The van der Waals surface area contributed by atoms with Crippen molar-refractivity contribution in [3.05, 3.63) is 0 Å². The van der Waals surface area contributed by atoms with Crippen molar-refractivity contribution in [3.8, 4) is 0 Å². The molecular formula is C12H22N2O4S. The normalized spacial score (nSPS) is 32.7.